The number of fused-ring (bicyclic) bond motifs is 2. The van der Waals surface area contributed by atoms with Gasteiger partial charge in [-0.05, 0) is 80.2 Å². The quantitative estimate of drug-likeness (QED) is 0.722. The standard InChI is InChI=1S/C24H32N2O2/c1-25-15-24(20-4-2-3-5-21(20)25)6-8-26(9-7-24)23(27)28-22-18-11-16-10-17(13-18)14-19(22)12-16/h2-5,16-19,22H,6-15H2,1H3. The van der Waals surface area contributed by atoms with Crippen molar-refractivity contribution in [3.63, 3.8) is 0 Å². The number of benzene rings is 1. The number of likely N-dealkylation sites (N-methyl/N-ethyl adjacent to an activating group) is 1. The van der Waals surface area contributed by atoms with Gasteiger partial charge in [0, 0.05) is 37.8 Å². The van der Waals surface area contributed by atoms with E-state index in [9.17, 15) is 4.79 Å². The Bertz CT molecular complexity index is 755. The zero-order chi connectivity index (χ0) is 18.9. The number of ether oxygens (including phenoxy) is 1. The van der Waals surface area contributed by atoms with Crippen LogP contribution in [0.15, 0.2) is 24.3 Å². The van der Waals surface area contributed by atoms with E-state index >= 15 is 0 Å². The molecule has 0 radical (unpaired) electrons. The second-order valence-electron chi connectivity index (χ2n) is 10.4. The molecule has 2 aliphatic heterocycles. The molecular formula is C24H32N2O2. The van der Waals surface area contributed by atoms with E-state index < -0.39 is 0 Å². The van der Waals surface area contributed by atoms with Gasteiger partial charge in [-0.2, -0.15) is 0 Å². The lowest BCUT2D eigenvalue weighted by Gasteiger charge is -2.53. The molecule has 150 valence electrons. The Balaban J connectivity index is 1.12. The van der Waals surface area contributed by atoms with Crippen LogP contribution in [0.25, 0.3) is 0 Å². The second kappa shape index (κ2) is 6.14. The van der Waals surface area contributed by atoms with Crippen molar-refractivity contribution in [3.05, 3.63) is 29.8 Å². The van der Waals surface area contributed by atoms with Crippen LogP contribution >= 0.6 is 0 Å². The maximum absolute atomic E-state index is 13.0. The summed E-state index contributed by atoms with van der Waals surface area (Å²) in [5.41, 5.74) is 3.06. The molecule has 28 heavy (non-hydrogen) atoms. The number of hydrogen-bond acceptors (Lipinski definition) is 3. The first-order chi connectivity index (χ1) is 13.6. The van der Waals surface area contributed by atoms with E-state index in [-0.39, 0.29) is 17.6 Å². The average molecular weight is 381 g/mol. The summed E-state index contributed by atoms with van der Waals surface area (Å²) in [6.07, 6.45) is 8.91. The molecule has 1 aromatic carbocycles. The summed E-state index contributed by atoms with van der Waals surface area (Å²) in [5.74, 6) is 3.14. The Morgan fingerprint density at radius 3 is 2.32 bits per heavy atom. The topological polar surface area (TPSA) is 32.8 Å². The van der Waals surface area contributed by atoms with Crippen LogP contribution < -0.4 is 4.90 Å². The number of hydrogen-bond donors (Lipinski definition) is 0. The van der Waals surface area contributed by atoms with Crippen LogP contribution in [0.4, 0.5) is 10.5 Å². The summed E-state index contributed by atoms with van der Waals surface area (Å²) in [4.78, 5) is 17.4. The molecule has 0 unspecified atom stereocenters. The van der Waals surface area contributed by atoms with Crippen molar-refractivity contribution < 1.29 is 9.53 Å². The molecule has 0 atom stereocenters. The molecule has 4 saturated carbocycles. The Kier molecular flexibility index (Phi) is 3.77. The monoisotopic (exact) mass is 380 g/mol. The summed E-state index contributed by atoms with van der Waals surface area (Å²) in [6, 6.07) is 8.82. The van der Waals surface area contributed by atoms with E-state index in [2.05, 4.69) is 36.2 Å². The van der Waals surface area contributed by atoms with Gasteiger partial charge in [0.15, 0.2) is 0 Å². The maximum Gasteiger partial charge on any atom is 0.410 e. The predicted molar refractivity (Wildman–Crippen MR) is 110 cm³/mol. The van der Waals surface area contributed by atoms with E-state index in [0.29, 0.717) is 11.8 Å². The summed E-state index contributed by atoms with van der Waals surface area (Å²) >= 11 is 0. The van der Waals surface area contributed by atoms with Crippen molar-refractivity contribution in [2.75, 3.05) is 31.6 Å². The van der Waals surface area contributed by atoms with E-state index in [4.69, 9.17) is 4.74 Å². The molecule has 4 bridgehead atoms. The van der Waals surface area contributed by atoms with Gasteiger partial charge in [-0.15, -0.1) is 0 Å². The molecule has 1 amide bonds. The number of carbonyl (C=O) groups is 1. The third-order valence-electron chi connectivity index (χ3n) is 8.78. The summed E-state index contributed by atoms with van der Waals surface area (Å²) in [7, 11) is 2.20. The molecule has 2 heterocycles. The van der Waals surface area contributed by atoms with E-state index in [1.807, 2.05) is 4.90 Å². The van der Waals surface area contributed by atoms with Crippen molar-refractivity contribution in [2.45, 2.75) is 56.5 Å². The second-order valence-corrected chi connectivity index (χ2v) is 10.4. The van der Waals surface area contributed by atoms with Crippen LogP contribution in [-0.4, -0.2) is 43.8 Å². The number of piperidine rings is 1. The minimum Gasteiger partial charge on any atom is -0.446 e. The van der Waals surface area contributed by atoms with Gasteiger partial charge in [0.2, 0.25) is 0 Å². The largest absolute Gasteiger partial charge is 0.446 e. The summed E-state index contributed by atoms with van der Waals surface area (Å²) in [6.45, 7) is 2.73. The van der Waals surface area contributed by atoms with Crippen LogP contribution in [0.3, 0.4) is 0 Å². The Morgan fingerprint density at radius 1 is 1.00 bits per heavy atom. The molecule has 0 aromatic heterocycles. The number of likely N-dealkylation sites (tertiary alicyclic amines) is 1. The highest BCUT2D eigenvalue weighted by Crippen LogP contribution is 2.55. The Hall–Kier alpha value is -1.71. The molecular weight excluding hydrogens is 348 g/mol. The lowest BCUT2D eigenvalue weighted by molar-refractivity contribution is -0.103. The fourth-order valence-corrected chi connectivity index (χ4v) is 7.68. The van der Waals surface area contributed by atoms with Crippen LogP contribution in [0.2, 0.25) is 0 Å². The van der Waals surface area contributed by atoms with Crippen LogP contribution in [0, 0.1) is 23.7 Å². The van der Waals surface area contributed by atoms with Crippen molar-refractivity contribution in [1.29, 1.82) is 0 Å². The first-order valence-corrected chi connectivity index (χ1v) is 11.4. The predicted octanol–water partition coefficient (Wildman–Crippen LogP) is 4.43. The van der Waals surface area contributed by atoms with Gasteiger partial charge in [-0.1, -0.05) is 18.2 Å². The minimum atomic E-state index is -0.0352. The van der Waals surface area contributed by atoms with Gasteiger partial charge in [0.05, 0.1) is 0 Å². The molecule has 4 aliphatic carbocycles. The zero-order valence-electron chi connectivity index (χ0n) is 17.0. The smallest absolute Gasteiger partial charge is 0.410 e. The Morgan fingerprint density at radius 2 is 1.64 bits per heavy atom. The average Bonchev–Trinajstić information content (AvgIpc) is 2.96. The highest BCUT2D eigenvalue weighted by molar-refractivity contribution is 5.69. The normalized spacial score (nSPS) is 37.4. The van der Waals surface area contributed by atoms with E-state index in [0.717, 1.165) is 44.3 Å². The zero-order valence-corrected chi connectivity index (χ0v) is 17.0. The first-order valence-electron chi connectivity index (χ1n) is 11.4. The SMILES string of the molecule is CN1CC2(CCN(C(=O)OC3C4CC5CC(C4)CC3C5)CC2)c2ccccc21. The molecule has 1 spiro atoms. The fourth-order valence-electron chi connectivity index (χ4n) is 7.68. The van der Waals surface area contributed by atoms with Gasteiger partial charge in [-0.3, -0.25) is 0 Å². The molecule has 1 saturated heterocycles. The van der Waals surface area contributed by atoms with E-state index in [1.54, 1.807) is 0 Å². The van der Waals surface area contributed by atoms with Crippen molar-refractivity contribution in [3.8, 4) is 0 Å². The molecule has 1 aromatic rings. The van der Waals surface area contributed by atoms with Gasteiger partial charge < -0.3 is 14.5 Å². The number of rotatable bonds is 1. The first kappa shape index (κ1) is 17.2. The van der Waals surface area contributed by atoms with E-state index in [1.165, 1.54) is 43.4 Å². The van der Waals surface area contributed by atoms with Gasteiger partial charge in [-0.25, -0.2) is 4.79 Å². The Labute approximate surface area is 168 Å². The molecule has 5 fully saturated rings. The van der Waals surface area contributed by atoms with Crippen molar-refractivity contribution in [2.24, 2.45) is 23.7 Å². The number of carbonyl (C=O) groups excluding carboxylic acids is 1. The number of nitrogens with zero attached hydrogens (tertiary/aromatic N) is 2. The highest BCUT2D eigenvalue weighted by atomic mass is 16.6. The van der Waals surface area contributed by atoms with Gasteiger partial charge >= 0.3 is 6.09 Å². The lowest BCUT2D eigenvalue weighted by Crippen LogP contribution is -2.52. The summed E-state index contributed by atoms with van der Waals surface area (Å²) < 4.78 is 6.18. The molecule has 7 rings (SSSR count). The fraction of sp³-hybridized carbons (Fsp3) is 0.708. The summed E-state index contributed by atoms with van der Waals surface area (Å²) in [5, 5.41) is 0. The van der Waals surface area contributed by atoms with Crippen molar-refractivity contribution in [1.82, 2.24) is 4.90 Å². The van der Waals surface area contributed by atoms with Crippen LogP contribution in [0.5, 0.6) is 0 Å². The molecule has 4 nitrogen and oxygen atoms in total. The molecule has 4 heteroatoms. The minimum absolute atomic E-state index is 0.0352. The number of anilines is 1. The number of para-hydroxylation sites is 1. The van der Waals surface area contributed by atoms with Gasteiger partial charge in [0.1, 0.15) is 6.10 Å². The lowest BCUT2D eigenvalue weighted by atomic mass is 9.55. The van der Waals surface area contributed by atoms with Crippen LogP contribution in [0.1, 0.15) is 50.5 Å². The third kappa shape index (κ3) is 2.52. The molecule has 0 N–H and O–H groups in total. The molecule has 6 aliphatic rings. The van der Waals surface area contributed by atoms with Crippen LogP contribution in [-0.2, 0) is 10.2 Å². The van der Waals surface area contributed by atoms with Crippen molar-refractivity contribution >= 4 is 11.8 Å². The van der Waals surface area contributed by atoms with Gasteiger partial charge in [0.25, 0.3) is 0 Å². The number of amides is 1. The third-order valence-corrected chi connectivity index (χ3v) is 8.78. The maximum atomic E-state index is 13.0. The highest BCUT2D eigenvalue weighted by Gasteiger charge is 2.51.